The van der Waals surface area contributed by atoms with E-state index in [4.69, 9.17) is 12.2 Å². The van der Waals surface area contributed by atoms with E-state index in [9.17, 15) is 4.79 Å². The molecular weight excluding hydrogens is 268 g/mol. The van der Waals surface area contributed by atoms with Gasteiger partial charge in [-0.2, -0.15) is 0 Å². The third-order valence-electron chi connectivity index (χ3n) is 3.80. The molecule has 1 aromatic carbocycles. The number of rotatable bonds is 10. The summed E-state index contributed by atoms with van der Waals surface area (Å²) in [5.41, 5.74) is 1.87. The molecule has 3 nitrogen and oxygen atoms in total. The predicted octanol–water partition coefficient (Wildman–Crippen LogP) is 3.30. The van der Waals surface area contributed by atoms with Gasteiger partial charge in [0, 0.05) is 13.6 Å². The summed E-state index contributed by atoms with van der Waals surface area (Å²) in [5.74, 6) is 0. The second-order valence-corrected chi connectivity index (χ2v) is 6.01. The Balaban J connectivity index is 2.30. The normalized spacial score (nSPS) is 11.4. The third-order valence-corrected chi connectivity index (χ3v) is 4.29. The van der Waals surface area contributed by atoms with Crippen LogP contribution in [0.4, 0.5) is 5.69 Å². The molecule has 0 bridgehead atoms. The first-order valence-electron chi connectivity index (χ1n) is 7.76. The van der Waals surface area contributed by atoms with Crippen molar-refractivity contribution in [2.24, 2.45) is 0 Å². The van der Waals surface area contributed by atoms with Crippen LogP contribution in [-0.2, 0) is 0 Å². The van der Waals surface area contributed by atoms with E-state index in [2.05, 4.69) is 23.6 Å². The average molecular weight is 296 g/mol. The molecule has 0 aliphatic heterocycles. The summed E-state index contributed by atoms with van der Waals surface area (Å²) < 4.78 is 0.518. The standard InChI is InChI=1S/C16H28N2OS/c1-5-9-18(10-6-2)12-8-7-11-17(4)14-13(3)16(20)15(14)19/h5-12H2,1-4H3. The lowest BCUT2D eigenvalue weighted by Crippen LogP contribution is -2.31. The van der Waals surface area contributed by atoms with E-state index < -0.39 is 0 Å². The lowest BCUT2D eigenvalue weighted by Gasteiger charge is -2.24. The van der Waals surface area contributed by atoms with Crippen molar-refractivity contribution < 1.29 is 0 Å². The minimum absolute atomic E-state index is 0.0543. The molecule has 0 heterocycles. The van der Waals surface area contributed by atoms with Gasteiger partial charge in [-0.1, -0.05) is 26.1 Å². The fourth-order valence-corrected chi connectivity index (χ4v) is 2.91. The molecule has 0 spiro atoms. The van der Waals surface area contributed by atoms with Crippen LogP contribution in [-0.4, -0.2) is 38.1 Å². The van der Waals surface area contributed by atoms with Crippen LogP contribution < -0.4 is 10.3 Å². The van der Waals surface area contributed by atoms with E-state index in [1.165, 1.54) is 38.9 Å². The molecule has 0 aliphatic carbocycles. The van der Waals surface area contributed by atoms with E-state index in [-0.39, 0.29) is 5.43 Å². The minimum atomic E-state index is 0.0543. The molecule has 0 fully saturated rings. The lowest BCUT2D eigenvalue weighted by molar-refractivity contribution is 0.269. The van der Waals surface area contributed by atoms with Gasteiger partial charge in [0.25, 0.3) is 0 Å². The molecule has 0 saturated heterocycles. The van der Waals surface area contributed by atoms with E-state index in [0.29, 0.717) is 4.51 Å². The Labute approximate surface area is 128 Å². The van der Waals surface area contributed by atoms with Crippen molar-refractivity contribution in [3.05, 3.63) is 20.3 Å². The zero-order valence-electron chi connectivity index (χ0n) is 13.4. The van der Waals surface area contributed by atoms with Crippen molar-refractivity contribution in [3.8, 4) is 0 Å². The van der Waals surface area contributed by atoms with E-state index in [1.54, 1.807) is 0 Å². The SMILES string of the molecule is CCCN(CCC)CCCCN(C)c1c(C)c(=S)c1=O. The van der Waals surface area contributed by atoms with Crippen LogP contribution in [0.15, 0.2) is 4.79 Å². The van der Waals surface area contributed by atoms with Crippen molar-refractivity contribution in [1.82, 2.24) is 4.90 Å². The lowest BCUT2D eigenvalue weighted by atomic mass is 10.1. The molecule has 0 N–H and O–H groups in total. The second kappa shape index (κ2) is 8.53. The van der Waals surface area contributed by atoms with Crippen LogP contribution in [0.1, 0.15) is 45.1 Å². The van der Waals surface area contributed by atoms with Gasteiger partial charge in [0.1, 0.15) is 0 Å². The summed E-state index contributed by atoms with van der Waals surface area (Å²) in [6.07, 6.45) is 4.75. The average Bonchev–Trinajstić information content (AvgIpc) is 2.43. The predicted molar refractivity (Wildman–Crippen MR) is 90.2 cm³/mol. The minimum Gasteiger partial charge on any atom is -0.371 e. The van der Waals surface area contributed by atoms with E-state index in [0.717, 1.165) is 24.2 Å². The molecule has 0 amide bonds. The molecule has 1 aromatic rings. The fourth-order valence-electron chi connectivity index (χ4n) is 2.72. The molecule has 0 aromatic heterocycles. The highest BCUT2D eigenvalue weighted by atomic mass is 32.1. The summed E-state index contributed by atoms with van der Waals surface area (Å²) in [6, 6.07) is 0. The van der Waals surface area contributed by atoms with Crippen molar-refractivity contribution >= 4 is 17.9 Å². The van der Waals surface area contributed by atoms with Crippen LogP contribution >= 0.6 is 12.2 Å². The highest BCUT2D eigenvalue weighted by Gasteiger charge is 2.17. The molecule has 0 atom stereocenters. The number of nitrogens with zero attached hydrogens (tertiary/aromatic N) is 2. The molecule has 0 saturated carbocycles. The Hall–Kier alpha value is -0.740. The van der Waals surface area contributed by atoms with Crippen LogP contribution in [0.25, 0.3) is 0 Å². The molecule has 0 unspecified atom stereocenters. The number of hydrogen-bond acceptors (Lipinski definition) is 4. The van der Waals surface area contributed by atoms with Gasteiger partial charge in [-0.25, -0.2) is 0 Å². The first-order valence-corrected chi connectivity index (χ1v) is 8.17. The first-order chi connectivity index (χ1) is 9.52. The van der Waals surface area contributed by atoms with Crippen LogP contribution in [0.3, 0.4) is 0 Å². The van der Waals surface area contributed by atoms with E-state index >= 15 is 0 Å². The zero-order chi connectivity index (χ0) is 15.1. The highest BCUT2D eigenvalue weighted by molar-refractivity contribution is 7.71. The van der Waals surface area contributed by atoms with E-state index in [1.807, 2.05) is 14.0 Å². The summed E-state index contributed by atoms with van der Waals surface area (Å²) in [7, 11) is 1.99. The van der Waals surface area contributed by atoms with Gasteiger partial charge in [0.05, 0.1) is 10.2 Å². The second-order valence-electron chi connectivity index (χ2n) is 5.60. The molecule has 114 valence electrons. The summed E-state index contributed by atoms with van der Waals surface area (Å²) in [4.78, 5) is 16.3. The fraction of sp³-hybridized carbons (Fsp3) is 0.750. The molecule has 0 aliphatic rings. The number of unbranched alkanes of at least 4 members (excludes halogenated alkanes) is 1. The number of hydrogen-bond donors (Lipinski definition) is 0. The maximum Gasteiger partial charge on any atom is 0.220 e. The Morgan fingerprint density at radius 1 is 1.00 bits per heavy atom. The van der Waals surface area contributed by atoms with Gasteiger partial charge in [0.2, 0.25) is 5.43 Å². The van der Waals surface area contributed by atoms with Crippen LogP contribution in [0.5, 0.6) is 0 Å². The van der Waals surface area contributed by atoms with Crippen molar-refractivity contribution in [3.63, 3.8) is 0 Å². The summed E-state index contributed by atoms with van der Waals surface area (Å²) in [6.45, 7) is 10.9. The van der Waals surface area contributed by atoms with Gasteiger partial charge in [-0.15, -0.1) is 0 Å². The van der Waals surface area contributed by atoms with Crippen molar-refractivity contribution in [2.45, 2.75) is 46.5 Å². The van der Waals surface area contributed by atoms with Gasteiger partial charge < -0.3 is 9.80 Å². The van der Waals surface area contributed by atoms with Crippen LogP contribution in [0.2, 0.25) is 0 Å². The van der Waals surface area contributed by atoms with Crippen molar-refractivity contribution in [1.29, 1.82) is 0 Å². The first kappa shape index (κ1) is 17.3. The zero-order valence-corrected chi connectivity index (χ0v) is 14.2. The molecule has 0 radical (unpaired) electrons. The maximum atomic E-state index is 11.7. The maximum absolute atomic E-state index is 11.7. The molecule has 4 heteroatoms. The Morgan fingerprint density at radius 2 is 1.55 bits per heavy atom. The summed E-state index contributed by atoms with van der Waals surface area (Å²) in [5, 5.41) is 0. The topological polar surface area (TPSA) is 23.6 Å². The quantitative estimate of drug-likeness (QED) is 0.488. The number of anilines is 1. The summed E-state index contributed by atoms with van der Waals surface area (Å²) >= 11 is 5.01. The van der Waals surface area contributed by atoms with Gasteiger partial charge in [0.15, 0.2) is 0 Å². The highest BCUT2D eigenvalue weighted by Crippen LogP contribution is 2.18. The van der Waals surface area contributed by atoms with Gasteiger partial charge in [-0.05, 0) is 57.8 Å². The van der Waals surface area contributed by atoms with Crippen LogP contribution in [0, 0.1) is 11.4 Å². The molecular formula is C16H28N2OS. The molecule has 20 heavy (non-hydrogen) atoms. The Kier molecular flexibility index (Phi) is 7.38. The third kappa shape index (κ3) is 4.38. The smallest absolute Gasteiger partial charge is 0.220 e. The van der Waals surface area contributed by atoms with Gasteiger partial charge in [-0.3, -0.25) is 4.79 Å². The monoisotopic (exact) mass is 296 g/mol. The van der Waals surface area contributed by atoms with Crippen molar-refractivity contribution in [2.75, 3.05) is 38.1 Å². The Morgan fingerprint density at radius 3 is 2.05 bits per heavy atom. The molecule has 1 rings (SSSR count). The van der Waals surface area contributed by atoms with Gasteiger partial charge >= 0.3 is 0 Å². The Bertz CT molecular complexity index is 471. The largest absolute Gasteiger partial charge is 0.371 e.